The predicted molar refractivity (Wildman–Crippen MR) is 81.2 cm³/mol. The molecule has 2 unspecified atom stereocenters. The predicted octanol–water partition coefficient (Wildman–Crippen LogP) is 1.71. The van der Waals surface area contributed by atoms with E-state index in [1.54, 1.807) is 0 Å². The van der Waals surface area contributed by atoms with Crippen LogP contribution in [0.3, 0.4) is 0 Å². The van der Waals surface area contributed by atoms with Crippen molar-refractivity contribution in [3.63, 3.8) is 0 Å². The molecule has 0 aromatic heterocycles. The topological polar surface area (TPSA) is 32.5 Å². The van der Waals surface area contributed by atoms with E-state index in [0.717, 1.165) is 13.0 Å². The fourth-order valence-corrected chi connectivity index (χ4v) is 2.98. The van der Waals surface area contributed by atoms with Gasteiger partial charge in [0.15, 0.2) is 0 Å². The highest BCUT2D eigenvalue weighted by Gasteiger charge is 2.25. The summed E-state index contributed by atoms with van der Waals surface area (Å²) >= 11 is 0. The molecule has 1 aromatic rings. The van der Waals surface area contributed by atoms with Gasteiger partial charge in [-0.2, -0.15) is 0 Å². The summed E-state index contributed by atoms with van der Waals surface area (Å²) in [4.78, 5) is 5.06. The second-order valence-electron chi connectivity index (χ2n) is 5.85. The number of nitrogens with zero attached hydrogens (tertiary/aromatic N) is 2. The van der Waals surface area contributed by atoms with Gasteiger partial charge < -0.3 is 5.73 Å². The van der Waals surface area contributed by atoms with E-state index in [2.05, 4.69) is 55.0 Å². The molecule has 1 heterocycles. The first-order valence-electron chi connectivity index (χ1n) is 7.33. The molecule has 0 bridgehead atoms. The summed E-state index contributed by atoms with van der Waals surface area (Å²) in [6.07, 6.45) is 1.11. The molecule has 1 fully saturated rings. The van der Waals surface area contributed by atoms with Crippen LogP contribution in [0.2, 0.25) is 0 Å². The Morgan fingerprint density at radius 1 is 1.11 bits per heavy atom. The second-order valence-corrected chi connectivity index (χ2v) is 5.85. The minimum atomic E-state index is 0.645. The molecule has 19 heavy (non-hydrogen) atoms. The zero-order valence-electron chi connectivity index (χ0n) is 12.5. The lowest BCUT2D eigenvalue weighted by atomic mass is 10.0. The van der Waals surface area contributed by atoms with Crippen molar-refractivity contribution >= 4 is 0 Å². The lowest BCUT2D eigenvalue weighted by molar-refractivity contribution is 0.0608. The molecule has 3 heteroatoms. The van der Waals surface area contributed by atoms with Gasteiger partial charge in [-0.15, -0.1) is 0 Å². The summed E-state index contributed by atoms with van der Waals surface area (Å²) in [6.45, 7) is 8.76. The van der Waals surface area contributed by atoms with Crippen LogP contribution in [-0.2, 0) is 13.0 Å². The molecular formula is C16H27N3. The van der Waals surface area contributed by atoms with Gasteiger partial charge in [-0.25, -0.2) is 0 Å². The summed E-state index contributed by atoms with van der Waals surface area (Å²) in [7, 11) is 2.23. The fraction of sp³-hybridized carbons (Fsp3) is 0.625. The third-order valence-corrected chi connectivity index (χ3v) is 4.47. The molecule has 1 saturated heterocycles. The fourth-order valence-electron chi connectivity index (χ4n) is 2.98. The molecule has 1 aliphatic heterocycles. The van der Waals surface area contributed by atoms with E-state index < -0.39 is 0 Å². The minimum Gasteiger partial charge on any atom is -0.326 e. The largest absolute Gasteiger partial charge is 0.326 e. The molecule has 1 aliphatic rings. The zero-order valence-corrected chi connectivity index (χ0v) is 12.5. The van der Waals surface area contributed by atoms with Crippen molar-refractivity contribution in [1.29, 1.82) is 0 Å². The van der Waals surface area contributed by atoms with Gasteiger partial charge in [-0.1, -0.05) is 24.3 Å². The van der Waals surface area contributed by atoms with Crippen molar-refractivity contribution < 1.29 is 0 Å². The maximum atomic E-state index is 5.80. The van der Waals surface area contributed by atoms with Gasteiger partial charge in [0, 0.05) is 38.3 Å². The maximum absolute atomic E-state index is 5.80. The number of benzene rings is 1. The Morgan fingerprint density at radius 2 is 1.68 bits per heavy atom. The number of likely N-dealkylation sites (N-methyl/N-ethyl adjacent to an activating group) is 1. The van der Waals surface area contributed by atoms with Crippen molar-refractivity contribution in [1.82, 2.24) is 9.80 Å². The quantitative estimate of drug-likeness (QED) is 0.895. The molecule has 2 atom stereocenters. The van der Waals surface area contributed by atoms with E-state index in [1.165, 1.54) is 24.2 Å². The lowest BCUT2D eigenvalue weighted by Gasteiger charge is -2.42. The maximum Gasteiger partial charge on any atom is 0.0195 e. The summed E-state index contributed by atoms with van der Waals surface area (Å²) in [6, 6.07) is 9.84. The normalized spacial score (nSPS) is 25.7. The van der Waals surface area contributed by atoms with Crippen LogP contribution in [0.15, 0.2) is 24.3 Å². The summed E-state index contributed by atoms with van der Waals surface area (Å²) in [5.74, 6) is 0. The van der Waals surface area contributed by atoms with E-state index in [0.29, 0.717) is 18.6 Å². The number of rotatable bonds is 4. The highest BCUT2D eigenvalue weighted by Crippen LogP contribution is 2.15. The van der Waals surface area contributed by atoms with Crippen LogP contribution in [0, 0.1) is 0 Å². The minimum absolute atomic E-state index is 0.645. The van der Waals surface area contributed by atoms with E-state index in [4.69, 9.17) is 5.73 Å². The Labute approximate surface area is 117 Å². The SMILES string of the molecule is CC1CN(CCc2ccccc2CN)CC(C)N1C. The smallest absolute Gasteiger partial charge is 0.0195 e. The van der Waals surface area contributed by atoms with Crippen molar-refractivity contribution in [2.75, 3.05) is 26.7 Å². The average molecular weight is 261 g/mol. The molecule has 2 rings (SSSR count). The number of piperazine rings is 1. The van der Waals surface area contributed by atoms with Crippen molar-refractivity contribution in [3.05, 3.63) is 35.4 Å². The molecule has 1 aromatic carbocycles. The summed E-state index contributed by atoms with van der Waals surface area (Å²) < 4.78 is 0. The van der Waals surface area contributed by atoms with Crippen LogP contribution in [-0.4, -0.2) is 48.6 Å². The Kier molecular flexibility index (Phi) is 4.97. The Balaban J connectivity index is 1.92. The number of hydrogen-bond donors (Lipinski definition) is 1. The van der Waals surface area contributed by atoms with Crippen molar-refractivity contribution in [3.8, 4) is 0 Å². The molecule has 0 spiro atoms. The van der Waals surface area contributed by atoms with Gasteiger partial charge in [0.05, 0.1) is 0 Å². The molecule has 0 saturated carbocycles. The molecule has 0 aliphatic carbocycles. The first-order valence-corrected chi connectivity index (χ1v) is 7.33. The standard InChI is InChI=1S/C16H27N3/c1-13-11-19(12-14(2)18(13)3)9-8-15-6-4-5-7-16(15)10-17/h4-7,13-14H,8-12,17H2,1-3H3. The highest BCUT2D eigenvalue weighted by atomic mass is 15.3. The van der Waals surface area contributed by atoms with Gasteiger partial charge >= 0.3 is 0 Å². The highest BCUT2D eigenvalue weighted by molar-refractivity contribution is 5.27. The monoisotopic (exact) mass is 261 g/mol. The molecule has 2 N–H and O–H groups in total. The summed E-state index contributed by atoms with van der Waals surface area (Å²) in [5, 5.41) is 0. The third kappa shape index (κ3) is 3.56. The zero-order chi connectivity index (χ0) is 13.8. The first kappa shape index (κ1) is 14.5. The summed E-state index contributed by atoms with van der Waals surface area (Å²) in [5.41, 5.74) is 8.50. The van der Waals surface area contributed by atoms with Crippen LogP contribution in [0.4, 0.5) is 0 Å². The molecule has 3 nitrogen and oxygen atoms in total. The van der Waals surface area contributed by atoms with Crippen LogP contribution in [0.1, 0.15) is 25.0 Å². The molecule has 0 radical (unpaired) electrons. The van der Waals surface area contributed by atoms with E-state index >= 15 is 0 Å². The molecular weight excluding hydrogens is 234 g/mol. The van der Waals surface area contributed by atoms with Crippen molar-refractivity contribution in [2.24, 2.45) is 5.73 Å². The Bertz CT molecular complexity index is 393. The van der Waals surface area contributed by atoms with Crippen LogP contribution >= 0.6 is 0 Å². The average Bonchev–Trinajstić information content (AvgIpc) is 2.42. The Morgan fingerprint density at radius 3 is 2.26 bits per heavy atom. The van der Waals surface area contributed by atoms with E-state index in [-0.39, 0.29) is 0 Å². The van der Waals surface area contributed by atoms with Crippen LogP contribution in [0.5, 0.6) is 0 Å². The van der Waals surface area contributed by atoms with Gasteiger partial charge in [0.2, 0.25) is 0 Å². The van der Waals surface area contributed by atoms with Crippen LogP contribution in [0.25, 0.3) is 0 Å². The van der Waals surface area contributed by atoms with Crippen LogP contribution < -0.4 is 5.73 Å². The van der Waals surface area contributed by atoms with Gasteiger partial charge in [-0.3, -0.25) is 9.80 Å². The van der Waals surface area contributed by atoms with E-state index in [9.17, 15) is 0 Å². The lowest BCUT2D eigenvalue weighted by Crippen LogP contribution is -2.55. The number of hydrogen-bond acceptors (Lipinski definition) is 3. The van der Waals surface area contributed by atoms with E-state index in [1.807, 2.05) is 0 Å². The van der Waals surface area contributed by atoms with Gasteiger partial charge in [-0.05, 0) is 38.4 Å². The van der Waals surface area contributed by atoms with Crippen molar-refractivity contribution in [2.45, 2.75) is 38.9 Å². The first-order chi connectivity index (χ1) is 9.11. The molecule has 0 amide bonds. The Hall–Kier alpha value is -0.900. The third-order valence-electron chi connectivity index (χ3n) is 4.47. The van der Waals surface area contributed by atoms with Gasteiger partial charge in [0.25, 0.3) is 0 Å². The molecule has 106 valence electrons. The second kappa shape index (κ2) is 6.51. The number of nitrogens with two attached hydrogens (primary N) is 1. The van der Waals surface area contributed by atoms with Gasteiger partial charge in [0.1, 0.15) is 0 Å².